The molecular formula is C17H17N5O3S2. The second kappa shape index (κ2) is 8.69. The zero-order valence-corrected chi connectivity index (χ0v) is 16.0. The number of nitrogens with two attached hydrogens (primary N) is 1. The minimum atomic E-state index is -0.592. The molecule has 0 saturated carbocycles. The third kappa shape index (κ3) is 4.47. The van der Waals surface area contributed by atoms with E-state index in [2.05, 4.69) is 15.5 Å². The van der Waals surface area contributed by atoms with E-state index in [0.717, 1.165) is 10.6 Å². The number of rotatable bonds is 8. The lowest BCUT2D eigenvalue weighted by Crippen LogP contribution is -2.34. The van der Waals surface area contributed by atoms with Crippen molar-refractivity contribution in [3.63, 3.8) is 0 Å². The number of benzene rings is 1. The van der Waals surface area contributed by atoms with E-state index in [0.29, 0.717) is 16.7 Å². The van der Waals surface area contributed by atoms with Gasteiger partial charge < -0.3 is 15.8 Å². The molecule has 0 aliphatic carbocycles. The number of hydrogen-bond acceptors (Lipinski definition) is 7. The first kappa shape index (κ1) is 18.9. The van der Waals surface area contributed by atoms with Crippen LogP contribution >= 0.6 is 23.1 Å². The second-order valence-electron chi connectivity index (χ2n) is 5.32. The lowest BCUT2D eigenvalue weighted by atomic mass is 10.3. The van der Waals surface area contributed by atoms with Gasteiger partial charge in [0.05, 0.1) is 30.0 Å². The largest absolute Gasteiger partial charge is 0.495 e. The van der Waals surface area contributed by atoms with Gasteiger partial charge >= 0.3 is 0 Å². The van der Waals surface area contributed by atoms with Crippen molar-refractivity contribution in [1.82, 2.24) is 20.1 Å². The Labute approximate surface area is 163 Å². The highest BCUT2D eigenvalue weighted by Crippen LogP contribution is 2.33. The van der Waals surface area contributed by atoms with E-state index < -0.39 is 5.91 Å². The van der Waals surface area contributed by atoms with E-state index in [1.807, 2.05) is 46.3 Å². The average molecular weight is 403 g/mol. The number of carbonyl (C=O) groups excluding carboxylic acids is 2. The predicted octanol–water partition coefficient (Wildman–Crippen LogP) is 1.70. The topological polar surface area (TPSA) is 112 Å². The van der Waals surface area contributed by atoms with Gasteiger partial charge in [-0.3, -0.25) is 14.2 Å². The number of primary amides is 1. The SMILES string of the molecule is COc1ccccc1-n1c(SCC(=O)NCC(N)=O)nnc1-c1cccs1. The smallest absolute Gasteiger partial charge is 0.236 e. The third-order valence-corrected chi connectivity index (χ3v) is 5.29. The minimum Gasteiger partial charge on any atom is -0.495 e. The minimum absolute atomic E-state index is 0.0744. The van der Waals surface area contributed by atoms with Crippen LogP contribution in [0.3, 0.4) is 0 Å². The first-order valence-electron chi connectivity index (χ1n) is 7.90. The molecule has 2 heterocycles. The summed E-state index contributed by atoms with van der Waals surface area (Å²) in [7, 11) is 1.60. The Hall–Kier alpha value is -2.85. The molecule has 10 heteroatoms. The Bertz CT molecular complexity index is 940. The summed E-state index contributed by atoms with van der Waals surface area (Å²) in [4.78, 5) is 23.6. The fourth-order valence-corrected chi connectivity index (χ4v) is 3.80. The number of amides is 2. The van der Waals surface area contributed by atoms with E-state index in [1.54, 1.807) is 18.4 Å². The van der Waals surface area contributed by atoms with Crippen molar-refractivity contribution < 1.29 is 14.3 Å². The van der Waals surface area contributed by atoms with Crippen LogP contribution in [0.4, 0.5) is 0 Å². The van der Waals surface area contributed by atoms with Gasteiger partial charge in [0.25, 0.3) is 0 Å². The van der Waals surface area contributed by atoms with Gasteiger partial charge in [-0.25, -0.2) is 0 Å². The molecule has 0 spiro atoms. The van der Waals surface area contributed by atoms with Crippen LogP contribution < -0.4 is 15.8 Å². The van der Waals surface area contributed by atoms with Crippen LogP contribution in [0.25, 0.3) is 16.4 Å². The molecule has 2 amide bonds. The predicted molar refractivity (Wildman–Crippen MR) is 104 cm³/mol. The van der Waals surface area contributed by atoms with Crippen molar-refractivity contribution in [2.24, 2.45) is 5.73 Å². The number of nitrogens with one attached hydrogen (secondary N) is 1. The third-order valence-electron chi connectivity index (χ3n) is 3.49. The molecule has 3 aromatic rings. The number of para-hydroxylation sites is 2. The molecule has 0 aliphatic rings. The van der Waals surface area contributed by atoms with Gasteiger partial charge in [-0.2, -0.15) is 0 Å². The van der Waals surface area contributed by atoms with Crippen LogP contribution in [0.1, 0.15) is 0 Å². The molecular weight excluding hydrogens is 386 g/mol. The maximum atomic E-state index is 11.9. The normalized spacial score (nSPS) is 10.6. The van der Waals surface area contributed by atoms with Gasteiger partial charge in [-0.15, -0.1) is 21.5 Å². The van der Waals surface area contributed by atoms with Crippen LogP contribution in [-0.2, 0) is 9.59 Å². The van der Waals surface area contributed by atoms with E-state index in [1.165, 1.54) is 11.8 Å². The van der Waals surface area contributed by atoms with Crippen molar-refractivity contribution in [3.05, 3.63) is 41.8 Å². The first-order chi connectivity index (χ1) is 13.1. The molecule has 27 heavy (non-hydrogen) atoms. The Morgan fingerprint density at radius 3 is 2.78 bits per heavy atom. The molecule has 140 valence electrons. The van der Waals surface area contributed by atoms with Gasteiger partial charge in [0.1, 0.15) is 5.75 Å². The molecule has 1 aromatic carbocycles. The number of ether oxygens (including phenoxy) is 1. The lowest BCUT2D eigenvalue weighted by Gasteiger charge is -2.13. The lowest BCUT2D eigenvalue weighted by molar-refractivity contribution is -0.123. The number of nitrogens with zero attached hydrogens (tertiary/aromatic N) is 3. The number of carbonyl (C=O) groups is 2. The van der Waals surface area contributed by atoms with Crippen molar-refractivity contribution >= 4 is 34.9 Å². The number of thioether (sulfide) groups is 1. The van der Waals surface area contributed by atoms with Gasteiger partial charge in [0, 0.05) is 0 Å². The van der Waals surface area contributed by atoms with Gasteiger partial charge in [-0.1, -0.05) is 30.0 Å². The Morgan fingerprint density at radius 1 is 1.26 bits per heavy atom. The van der Waals surface area contributed by atoms with Gasteiger partial charge in [0.2, 0.25) is 11.8 Å². The zero-order valence-electron chi connectivity index (χ0n) is 14.4. The summed E-state index contributed by atoms with van der Waals surface area (Å²) >= 11 is 2.76. The first-order valence-corrected chi connectivity index (χ1v) is 9.77. The molecule has 2 aromatic heterocycles. The average Bonchev–Trinajstić information content (AvgIpc) is 3.33. The fourth-order valence-electron chi connectivity index (χ4n) is 2.33. The summed E-state index contributed by atoms with van der Waals surface area (Å²) in [6, 6.07) is 11.4. The van der Waals surface area contributed by atoms with Crippen LogP contribution in [0.2, 0.25) is 0 Å². The van der Waals surface area contributed by atoms with Crippen LogP contribution in [-0.4, -0.2) is 46.0 Å². The fraction of sp³-hybridized carbons (Fsp3) is 0.176. The summed E-state index contributed by atoms with van der Waals surface area (Å²) in [5, 5.41) is 13.5. The summed E-state index contributed by atoms with van der Waals surface area (Å²) in [6.45, 7) is -0.195. The highest BCUT2D eigenvalue weighted by molar-refractivity contribution is 7.99. The number of methoxy groups -OCH3 is 1. The molecule has 3 N–H and O–H groups in total. The van der Waals surface area contributed by atoms with Crippen molar-refractivity contribution in [2.45, 2.75) is 5.16 Å². The standard InChI is InChI=1S/C17H17N5O3S2/c1-25-12-6-3-2-5-11(12)22-16(13-7-4-8-26-13)20-21-17(22)27-10-15(24)19-9-14(18)23/h2-8H,9-10H2,1H3,(H2,18,23)(H,19,24). The maximum absolute atomic E-state index is 11.9. The summed E-state index contributed by atoms with van der Waals surface area (Å²) in [5.41, 5.74) is 5.81. The number of aromatic nitrogens is 3. The molecule has 0 aliphatic heterocycles. The monoisotopic (exact) mass is 403 g/mol. The molecule has 0 saturated heterocycles. The maximum Gasteiger partial charge on any atom is 0.236 e. The number of hydrogen-bond donors (Lipinski definition) is 2. The highest BCUT2D eigenvalue weighted by atomic mass is 32.2. The molecule has 0 unspecified atom stereocenters. The highest BCUT2D eigenvalue weighted by Gasteiger charge is 2.20. The quantitative estimate of drug-likeness (QED) is 0.554. The molecule has 8 nitrogen and oxygen atoms in total. The van der Waals surface area contributed by atoms with E-state index in [9.17, 15) is 9.59 Å². The van der Waals surface area contributed by atoms with Crippen molar-refractivity contribution in [3.8, 4) is 22.1 Å². The van der Waals surface area contributed by atoms with E-state index >= 15 is 0 Å². The molecule has 3 rings (SSSR count). The molecule has 0 radical (unpaired) electrons. The Kier molecular flexibility index (Phi) is 6.09. The van der Waals surface area contributed by atoms with E-state index in [-0.39, 0.29) is 18.2 Å². The zero-order chi connectivity index (χ0) is 19.2. The van der Waals surface area contributed by atoms with Crippen LogP contribution in [0, 0.1) is 0 Å². The molecule has 0 fully saturated rings. The van der Waals surface area contributed by atoms with Crippen molar-refractivity contribution in [1.29, 1.82) is 0 Å². The summed E-state index contributed by atoms with van der Waals surface area (Å²) < 4.78 is 7.33. The van der Waals surface area contributed by atoms with Crippen LogP contribution in [0.15, 0.2) is 46.9 Å². The van der Waals surface area contributed by atoms with Crippen molar-refractivity contribution in [2.75, 3.05) is 19.4 Å². The number of thiophene rings is 1. The van der Waals surface area contributed by atoms with Crippen LogP contribution in [0.5, 0.6) is 5.75 Å². The Balaban J connectivity index is 1.93. The van der Waals surface area contributed by atoms with E-state index in [4.69, 9.17) is 10.5 Å². The van der Waals surface area contributed by atoms with Gasteiger partial charge in [-0.05, 0) is 23.6 Å². The Morgan fingerprint density at radius 2 is 2.07 bits per heavy atom. The summed E-state index contributed by atoms with van der Waals surface area (Å²) in [6.07, 6.45) is 0. The molecule has 0 atom stereocenters. The van der Waals surface area contributed by atoms with Gasteiger partial charge in [0.15, 0.2) is 11.0 Å². The second-order valence-corrected chi connectivity index (χ2v) is 7.21. The molecule has 0 bridgehead atoms. The summed E-state index contributed by atoms with van der Waals surface area (Å²) in [5.74, 6) is 0.492.